The number of aliphatic hydroxyl groups excluding tert-OH is 1. The van der Waals surface area contributed by atoms with Crippen molar-refractivity contribution in [3.63, 3.8) is 0 Å². The van der Waals surface area contributed by atoms with Crippen LogP contribution in [0.1, 0.15) is 71.4 Å². The van der Waals surface area contributed by atoms with Gasteiger partial charge in [0.05, 0.1) is 44.4 Å². The second-order valence-corrected chi connectivity index (χ2v) is 12.0. The molecule has 2 aromatic rings. The summed E-state index contributed by atoms with van der Waals surface area (Å²) in [4.78, 5) is 37.3. The number of para-hydroxylation sites is 1. The molecule has 2 heterocycles. The average molecular weight is 718 g/mol. The van der Waals surface area contributed by atoms with Gasteiger partial charge in [-0.3, -0.25) is 9.59 Å². The number of ether oxygens (including phenoxy) is 2. The van der Waals surface area contributed by atoms with Crippen LogP contribution in [0.25, 0.3) is 16.8 Å². The first-order chi connectivity index (χ1) is 24.4. The normalized spacial score (nSPS) is 14.3. The lowest BCUT2D eigenvalue weighted by Crippen LogP contribution is -2.35. The van der Waals surface area contributed by atoms with E-state index < -0.39 is 8.60 Å². The Labute approximate surface area is 299 Å². The summed E-state index contributed by atoms with van der Waals surface area (Å²) in [5.74, 6) is -0.273. The van der Waals surface area contributed by atoms with Crippen molar-refractivity contribution in [1.29, 1.82) is 0 Å². The number of allylic oxidation sites excluding steroid dienone is 3. The lowest BCUT2D eigenvalue weighted by atomic mass is 9.95. The number of hydrogen-bond donors (Lipinski definition) is 3. The van der Waals surface area contributed by atoms with Gasteiger partial charge in [0.2, 0.25) is 11.8 Å². The molecule has 0 bridgehead atoms. The molecule has 1 aliphatic heterocycles. The Morgan fingerprint density at radius 3 is 2.42 bits per heavy atom. The first-order valence-electron chi connectivity index (χ1n) is 16.9. The Morgan fingerprint density at radius 2 is 1.72 bits per heavy atom. The molecule has 1 atom stereocenters. The molecule has 1 aromatic carbocycles. The summed E-state index contributed by atoms with van der Waals surface area (Å²) in [6.07, 6.45) is 16.7. The van der Waals surface area contributed by atoms with Crippen LogP contribution < -0.4 is 10.2 Å². The summed E-state index contributed by atoms with van der Waals surface area (Å²) in [5.41, 5.74) is 5.10. The predicted molar refractivity (Wildman–Crippen MR) is 198 cm³/mol. The first kappa shape index (κ1) is 44.6. The third-order valence-corrected chi connectivity index (χ3v) is 8.13. The quantitative estimate of drug-likeness (QED) is 0.0882. The minimum Gasteiger partial charge on any atom is -0.400 e. The molecule has 1 aliphatic rings. The molecule has 0 saturated heterocycles. The van der Waals surface area contributed by atoms with Crippen molar-refractivity contribution in [3.8, 4) is 24.1 Å². The minimum absolute atomic E-state index is 0.0895. The Balaban J connectivity index is 0.00000301. The lowest BCUT2D eigenvalue weighted by Gasteiger charge is -2.28. The van der Waals surface area contributed by atoms with E-state index in [1.807, 2.05) is 54.9 Å². The standard InChI is InChI=1S/C33H50N5O7P.C2H2.CH4O/c1-5-13-27-26(3)25-37(31(40)17-16-30(39)34-18-11-7-8-12-21-45-46(41)42-4)29-15-10-9-14-28(29)32-33(27)38(36-35-32)19-22-44-24-23-43-20-6-2;2*1-2/h5,9-10,13-15,41H,6-8,11-12,16-25H2,1-4H3,(H,34,39);1-2H;2H,1H3/b13-5-,27-26-;;. The molecule has 3 N–H and O–H groups in total. The van der Waals surface area contributed by atoms with Gasteiger partial charge < -0.3 is 38.7 Å². The maximum atomic E-state index is 13.7. The van der Waals surface area contributed by atoms with Crippen molar-refractivity contribution in [2.45, 2.75) is 72.3 Å². The van der Waals surface area contributed by atoms with Gasteiger partial charge in [-0.1, -0.05) is 55.3 Å². The fraction of sp³-hybridized carbons (Fsp3) is 0.556. The number of carbonyl (C=O) groups is 2. The van der Waals surface area contributed by atoms with E-state index >= 15 is 0 Å². The summed E-state index contributed by atoms with van der Waals surface area (Å²) in [6, 6.07) is 7.72. The Hall–Kier alpha value is -3.47. The summed E-state index contributed by atoms with van der Waals surface area (Å²) in [5, 5.41) is 19.0. The minimum atomic E-state index is -1.78. The maximum Gasteiger partial charge on any atom is 0.329 e. The number of amides is 2. The second-order valence-electron chi connectivity index (χ2n) is 10.9. The van der Waals surface area contributed by atoms with Crippen molar-refractivity contribution in [2.24, 2.45) is 0 Å². The number of aromatic nitrogens is 3. The molecule has 0 radical (unpaired) electrons. The van der Waals surface area contributed by atoms with E-state index in [1.165, 1.54) is 7.11 Å². The largest absolute Gasteiger partial charge is 0.400 e. The van der Waals surface area contributed by atoms with Crippen molar-refractivity contribution < 1.29 is 38.1 Å². The van der Waals surface area contributed by atoms with Crippen LogP contribution in [0.4, 0.5) is 5.69 Å². The van der Waals surface area contributed by atoms with Gasteiger partial charge in [-0.2, -0.15) is 0 Å². The lowest BCUT2D eigenvalue weighted by molar-refractivity contribution is -0.125. The zero-order valence-corrected chi connectivity index (χ0v) is 31.2. The van der Waals surface area contributed by atoms with Crippen LogP contribution in [0.3, 0.4) is 0 Å². The molecule has 0 saturated carbocycles. The molecule has 1 aromatic heterocycles. The summed E-state index contributed by atoms with van der Waals surface area (Å²) >= 11 is 0. The number of nitrogens with zero attached hydrogens (tertiary/aromatic N) is 4. The average Bonchev–Trinajstić information content (AvgIpc) is 3.56. The number of anilines is 1. The number of aliphatic hydroxyl groups is 1. The fourth-order valence-electron chi connectivity index (χ4n) is 5.11. The molecule has 50 heavy (non-hydrogen) atoms. The van der Waals surface area contributed by atoms with E-state index in [9.17, 15) is 14.5 Å². The highest BCUT2D eigenvalue weighted by atomic mass is 31.2. The third kappa shape index (κ3) is 15.2. The monoisotopic (exact) mass is 717 g/mol. The van der Waals surface area contributed by atoms with Gasteiger partial charge in [-0.05, 0) is 44.7 Å². The Kier molecular flexibility index (Phi) is 24.3. The third-order valence-electron chi connectivity index (χ3n) is 7.41. The molecule has 3 rings (SSSR count). The van der Waals surface area contributed by atoms with E-state index in [0.717, 1.165) is 73.9 Å². The Morgan fingerprint density at radius 1 is 1.02 bits per heavy atom. The van der Waals surface area contributed by atoms with Crippen molar-refractivity contribution >= 4 is 31.7 Å². The maximum absolute atomic E-state index is 13.7. The summed E-state index contributed by atoms with van der Waals surface area (Å²) in [6.45, 7) is 10.2. The number of carbonyl (C=O) groups excluding carboxylic acids is 2. The van der Waals surface area contributed by atoms with E-state index in [1.54, 1.807) is 4.90 Å². The summed E-state index contributed by atoms with van der Waals surface area (Å²) < 4.78 is 23.0. The van der Waals surface area contributed by atoms with Gasteiger partial charge in [-0.15, -0.1) is 17.9 Å². The topological polar surface area (TPSA) is 157 Å². The van der Waals surface area contributed by atoms with E-state index in [-0.39, 0.29) is 24.7 Å². The smallest absolute Gasteiger partial charge is 0.329 e. The number of nitrogens with one attached hydrogen (secondary N) is 1. The van der Waals surface area contributed by atoms with Gasteiger partial charge in [0.1, 0.15) is 5.69 Å². The number of hydrogen-bond acceptors (Lipinski definition) is 10. The zero-order chi connectivity index (χ0) is 37.1. The number of unbranched alkanes of at least 4 members (excludes halogenated alkanes) is 3. The van der Waals surface area contributed by atoms with Gasteiger partial charge in [0.25, 0.3) is 0 Å². The van der Waals surface area contributed by atoms with Gasteiger partial charge in [0.15, 0.2) is 0 Å². The van der Waals surface area contributed by atoms with Crippen LogP contribution >= 0.6 is 8.60 Å². The van der Waals surface area contributed by atoms with Crippen LogP contribution in [0, 0.1) is 12.8 Å². The van der Waals surface area contributed by atoms with E-state index in [4.69, 9.17) is 23.6 Å². The molecule has 0 spiro atoms. The fourth-order valence-corrected chi connectivity index (χ4v) is 5.50. The number of benzene rings is 1. The number of rotatable bonds is 21. The van der Waals surface area contributed by atoms with Crippen LogP contribution in [-0.4, -0.2) is 97.2 Å². The van der Waals surface area contributed by atoms with Gasteiger partial charge in [-0.25, -0.2) is 4.68 Å². The molecule has 14 heteroatoms. The second kappa shape index (κ2) is 27.3. The molecular weight excluding hydrogens is 661 g/mol. The highest BCUT2D eigenvalue weighted by Crippen LogP contribution is 2.39. The molecule has 278 valence electrons. The highest BCUT2D eigenvalue weighted by Gasteiger charge is 2.28. The summed E-state index contributed by atoms with van der Waals surface area (Å²) in [7, 11) is 0.630. The van der Waals surface area contributed by atoms with Crippen LogP contribution in [0.5, 0.6) is 0 Å². The molecule has 2 amide bonds. The van der Waals surface area contributed by atoms with E-state index in [2.05, 4.69) is 35.4 Å². The van der Waals surface area contributed by atoms with Gasteiger partial charge in [0, 0.05) is 57.9 Å². The molecule has 0 aliphatic carbocycles. The van der Waals surface area contributed by atoms with Crippen LogP contribution in [0.2, 0.25) is 0 Å². The van der Waals surface area contributed by atoms with Crippen LogP contribution in [0.15, 0.2) is 42.0 Å². The van der Waals surface area contributed by atoms with Crippen molar-refractivity contribution in [3.05, 3.63) is 47.7 Å². The van der Waals surface area contributed by atoms with Crippen molar-refractivity contribution in [2.75, 3.05) is 65.2 Å². The Bertz CT molecular complexity index is 1350. The molecule has 13 nitrogen and oxygen atoms in total. The highest BCUT2D eigenvalue weighted by molar-refractivity contribution is 7.40. The SMILES string of the molecule is C#C.C/C=C\C1=C(/C)CN(C(=O)CCC(=O)NCCCCCCOP(O)OC)c2ccccc2-c2nnn(CCOCCOCCC)c21.CO. The van der Waals surface area contributed by atoms with E-state index in [0.29, 0.717) is 51.8 Å². The van der Waals surface area contributed by atoms with Gasteiger partial charge >= 0.3 is 8.60 Å². The molecule has 1 unspecified atom stereocenters. The van der Waals surface area contributed by atoms with Crippen LogP contribution in [-0.2, 0) is 34.7 Å². The molecule has 0 fully saturated rings. The number of fused-ring (bicyclic) bond motifs is 3. The predicted octanol–water partition coefficient (Wildman–Crippen LogP) is 5.28. The first-order valence-corrected chi connectivity index (χ1v) is 18.1. The molecular formula is C36H56N5O8P. The van der Waals surface area contributed by atoms with Crippen molar-refractivity contribution in [1.82, 2.24) is 20.3 Å². The number of terminal acetylenes is 1. The zero-order valence-electron chi connectivity index (χ0n) is 30.3.